The maximum Gasteiger partial charge on any atom is 0.170 e. The third kappa shape index (κ3) is 2.27. The van der Waals surface area contributed by atoms with E-state index in [1.54, 1.807) is 12.3 Å². The van der Waals surface area contributed by atoms with Crippen LogP contribution in [0.1, 0.15) is 32.3 Å². The number of rotatable bonds is 2. The quantitative estimate of drug-likeness (QED) is 0.858. The second kappa shape index (κ2) is 5.00. The van der Waals surface area contributed by atoms with Crippen molar-refractivity contribution in [3.8, 4) is 0 Å². The van der Waals surface area contributed by atoms with Gasteiger partial charge in [-0.25, -0.2) is 9.37 Å². The zero-order valence-electron chi connectivity index (χ0n) is 10.5. The average molecular weight is 237 g/mol. The molecule has 0 bridgehead atoms. The first-order valence-corrected chi connectivity index (χ1v) is 6.25. The van der Waals surface area contributed by atoms with Crippen LogP contribution in [-0.2, 0) is 6.54 Å². The van der Waals surface area contributed by atoms with Gasteiger partial charge in [-0.15, -0.1) is 0 Å². The lowest BCUT2D eigenvalue weighted by atomic mass is 9.92. The minimum absolute atomic E-state index is 0.221. The molecule has 0 spiro atoms. The van der Waals surface area contributed by atoms with Gasteiger partial charge in [0, 0.05) is 30.9 Å². The maximum atomic E-state index is 14.2. The second-order valence-corrected chi connectivity index (χ2v) is 4.87. The van der Waals surface area contributed by atoms with Crippen molar-refractivity contribution in [2.45, 2.75) is 39.3 Å². The van der Waals surface area contributed by atoms with Gasteiger partial charge in [-0.05, 0) is 31.7 Å². The van der Waals surface area contributed by atoms with E-state index in [4.69, 9.17) is 5.73 Å². The Morgan fingerprint density at radius 2 is 2.29 bits per heavy atom. The minimum Gasteiger partial charge on any atom is -0.351 e. The van der Waals surface area contributed by atoms with Crippen molar-refractivity contribution >= 4 is 5.82 Å². The largest absolute Gasteiger partial charge is 0.351 e. The van der Waals surface area contributed by atoms with Crippen molar-refractivity contribution in [1.29, 1.82) is 0 Å². The number of pyridine rings is 1. The molecule has 2 atom stereocenters. The molecule has 1 aliphatic rings. The molecule has 3 nitrogen and oxygen atoms in total. The van der Waals surface area contributed by atoms with E-state index in [-0.39, 0.29) is 12.4 Å². The summed E-state index contributed by atoms with van der Waals surface area (Å²) in [7, 11) is 0. The molecule has 1 aliphatic heterocycles. The third-order valence-electron chi connectivity index (χ3n) is 3.82. The lowest BCUT2D eigenvalue weighted by Gasteiger charge is -2.39. The summed E-state index contributed by atoms with van der Waals surface area (Å²) in [4.78, 5) is 6.26. The second-order valence-electron chi connectivity index (χ2n) is 4.87. The van der Waals surface area contributed by atoms with Crippen LogP contribution < -0.4 is 10.6 Å². The molecule has 1 aromatic heterocycles. The van der Waals surface area contributed by atoms with Gasteiger partial charge in [0.25, 0.3) is 0 Å². The monoisotopic (exact) mass is 237 g/mol. The molecular formula is C13H20FN3. The Bertz CT molecular complexity index is 394. The predicted octanol–water partition coefficient (Wildman–Crippen LogP) is 2.30. The summed E-state index contributed by atoms with van der Waals surface area (Å²) in [6.45, 7) is 5.45. The predicted molar refractivity (Wildman–Crippen MR) is 67.3 cm³/mol. The molecule has 94 valence electrons. The fourth-order valence-electron chi connectivity index (χ4n) is 2.46. The standard InChI is InChI=1S/C13H20FN3/c1-9-4-3-7-17(10(9)2)13-12(14)11(8-15)5-6-16-13/h5-6,9-10H,3-4,7-8,15H2,1-2H3. The van der Waals surface area contributed by atoms with Crippen LogP contribution in [0.5, 0.6) is 0 Å². The first-order valence-electron chi connectivity index (χ1n) is 6.25. The van der Waals surface area contributed by atoms with Crippen LogP contribution in [0.2, 0.25) is 0 Å². The van der Waals surface area contributed by atoms with Gasteiger partial charge in [-0.2, -0.15) is 0 Å². The van der Waals surface area contributed by atoms with Crippen LogP contribution in [-0.4, -0.2) is 17.6 Å². The van der Waals surface area contributed by atoms with Crippen molar-refractivity contribution < 1.29 is 4.39 Å². The van der Waals surface area contributed by atoms with Crippen molar-refractivity contribution in [3.63, 3.8) is 0 Å². The van der Waals surface area contributed by atoms with Gasteiger partial charge in [-0.3, -0.25) is 0 Å². The number of hydrogen-bond donors (Lipinski definition) is 1. The van der Waals surface area contributed by atoms with Gasteiger partial charge in [-0.1, -0.05) is 6.92 Å². The molecule has 2 N–H and O–H groups in total. The van der Waals surface area contributed by atoms with E-state index in [9.17, 15) is 4.39 Å². The molecule has 0 radical (unpaired) electrons. The molecule has 1 saturated heterocycles. The van der Waals surface area contributed by atoms with Crippen molar-refractivity contribution in [1.82, 2.24) is 4.98 Å². The maximum absolute atomic E-state index is 14.2. The first-order chi connectivity index (χ1) is 8.15. The fraction of sp³-hybridized carbons (Fsp3) is 0.615. The average Bonchev–Trinajstić information content (AvgIpc) is 2.33. The van der Waals surface area contributed by atoms with E-state index in [0.29, 0.717) is 23.3 Å². The highest BCUT2D eigenvalue weighted by Gasteiger charge is 2.27. The Kier molecular flexibility index (Phi) is 3.62. The normalized spacial score (nSPS) is 25.1. The summed E-state index contributed by atoms with van der Waals surface area (Å²) in [6, 6.07) is 1.98. The van der Waals surface area contributed by atoms with Gasteiger partial charge in [0.1, 0.15) is 0 Å². The molecule has 1 fully saturated rings. The molecule has 0 aromatic carbocycles. The highest BCUT2D eigenvalue weighted by molar-refractivity contribution is 5.44. The molecule has 1 aromatic rings. The lowest BCUT2D eigenvalue weighted by molar-refractivity contribution is 0.357. The molecule has 2 unspecified atom stereocenters. The Balaban J connectivity index is 2.33. The first kappa shape index (κ1) is 12.3. The topological polar surface area (TPSA) is 42.2 Å². The van der Waals surface area contributed by atoms with Crippen molar-refractivity contribution in [3.05, 3.63) is 23.6 Å². The molecule has 0 amide bonds. The Labute approximate surface area is 102 Å². The number of nitrogens with zero attached hydrogens (tertiary/aromatic N) is 2. The van der Waals surface area contributed by atoms with Crippen LogP contribution in [0.3, 0.4) is 0 Å². The van der Waals surface area contributed by atoms with Crippen LogP contribution in [0.25, 0.3) is 0 Å². The molecule has 2 heterocycles. The van der Waals surface area contributed by atoms with Crippen LogP contribution in [0, 0.1) is 11.7 Å². The zero-order valence-corrected chi connectivity index (χ0v) is 10.5. The smallest absolute Gasteiger partial charge is 0.170 e. The lowest BCUT2D eigenvalue weighted by Crippen LogP contribution is -2.43. The number of halogens is 1. The van der Waals surface area contributed by atoms with E-state index < -0.39 is 0 Å². The summed E-state index contributed by atoms with van der Waals surface area (Å²) < 4.78 is 14.2. The van der Waals surface area contributed by atoms with E-state index in [1.807, 2.05) is 0 Å². The summed E-state index contributed by atoms with van der Waals surface area (Å²) in [5.74, 6) is 0.787. The van der Waals surface area contributed by atoms with Crippen LogP contribution >= 0.6 is 0 Å². The summed E-state index contributed by atoms with van der Waals surface area (Å²) in [6.07, 6.45) is 3.95. The van der Waals surface area contributed by atoms with Gasteiger partial charge in [0.2, 0.25) is 0 Å². The van der Waals surface area contributed by atoms with Gasteiger partial charge in [0.15, 0.2) is 11.6 Å². The van der Waals surface area contributed by atoms with E-state index in [2.05, 4.69) is 23.7 Å². The van der Waals surface area contributed by atoms with Crippen molar-refractivity contribution in [2.75, 3.05) is 11.4 Å². The Morgan fingerprint density at radius 1 is 1.53 bits per heavy atom. The third-order valence-corrected chi connectivity index (χ3v) is 3.82. The number of nitrogens with two attached hydrogens (primary N) is 1. The van der Waals surface area contributed by atoms with E-state index in [1.165, 1.54) is 6.42 Å². The molecule has 0 aliphatic carbocycles. The van der Waals surface area contributed by atoms with Crippen molar-refractivity contribution in [2.24, 2.45) is 11.7 Å². The molecule has 0 saturated carbocycles. The van der Waals surface area contributed by atoms with Gasteiger partial charge in [0.05, 0.1) is 0 Å². The highest BCUT2D eigenvalue weighted by atomic mass is 19.1. The van der Waals surface area contributed by atoms with E-state index in [0.717, 1.165) is 13.0 Å². The minimum atomic E-state index is -0.254. The Hall–Kier alpha value is -1.16. The number of anilines is 1. The van der Waals surface area contributed by atoms with Gasteiger partial charge >= 0.3 is 0 Å². The van der Waals surface area contributed by atoms with Crippen LogP contribution in [0.4, 0.5) is 10.2 Å². The molecular weight excluding hydrogens is 217 g/mol. The molecule has 17 heavy (non-hydrogen) atoms. The number of piperidine rings is 1. The Morgan fingerprint density at radius 3 is 3.00 bits per heavy atom. The SMILES string of the molecule is CC1CCCN(c2nccc(CN)c2F)C1C. The van der Waals surface area contributed by atoms with Crippen LogP contribution in [0.15, 0.2) is 12.3 Å². The van der Waals surface area contributed by atoms with Gasteiger partial charge < -0.3 is 10.6 Å². The zero-order chi connectivity index (χ0) is 12.4. The molecule has 2 rings (SSSR count). The summed E-state index contributed by atoms with van der Waals surface area (Å²) in [5, 5.41) is 0. The highest BCUT2D eigenvalue weighted by Crippen LogP contribution is 2.29. The summed E-state index contributed by atoms with van der Waals surface area (Å²) in [5.41, 5.74) is 6.07. The summed E-state index contributed by atoms with van der Waals surface area (Å²) >= 11 is 0. The number of aromatic nitrogens is 1. The molecule has 4 heteroatoms. The fourth-order valence-corrected chi connectivity index (χ4v) is 2.46. The number of hydrogen-bond acceptors (Lipinski definition) is 3. The van der Waals surface area contributed by atoms with E-state index >= 15 is 0 Å².